The van der Waals surface area contributed by atoms with Crippen LogP contribution in [0.3, 0.4) is 0 Å². The van der Waals surface area contributed by atoms with Gasteiger partial charge in [-0.3, -0.25) is 0 Å². The van der Waals surface area contributed by atoms with E-state index >= 15 is 0 Å². The molecule has 1 aliphatic carbocycles. The van der Waals surface area contributed by atoms with E-state index in [1.807, 2.05) is 18.2 Å². The van der Waals surface area contributed by atoms with Crippen LogP contribution in [0, 0.1) is 0 Å². The molecule has 2 aromatic carbocycles. The maximum Gasteiger partial charge on any atom is 0.346 e. The Morgan fingerprint density at radius 2 is 1.87 bits per heavy atom. The highest BCUT2D eigenvalue weighted by Gasteiger charge is 2.28. The highest BCUT2D eigenvalue weighted by Crippen LogP contribution is 2.42. The van der Waals surface area contributed by atoms with Crippen LogP contribution in [-0.4, -0.2) is 23.7 Å². The van der Waals surface area contributed by atoms with Gasteiger partial charge in [-0.05, 0) is 48.4 Å². The summed E-state index contributed by atoms with van der Waals surface area (Å²) in [6.07, 6.45) is 3.79. The van der Waals surface area contributed by atoms with Crippen molar-refractivity contribution in [3.8, 4) is 16.9 Å². The Hall–Kier alpha value is -2.49. The van der Waals surface area contributed by atoms with E-state index in [0.29, 0.717) is 12.3 Å². The smallest absolute Gasteiger partial charge is 0.346 e. The molecular formula is C19H19NO3. The summed E-state index contributed by atoms with van der Waals surface area (Å²) in [5.74, 6) is -0.279. The minimum absolute atomic E-state index is 0.290. The summed E-state index contributed by atoms with van der Waals surface area (Å²) in [6, 6.07) is 12.4. The third kappa shape index (κ3) is 2.44. The van der Waals surface area contributed by atoms with Gasteiger partial charge in [0.1, 0.15) is 0 Å². The number of benzene rings is 2. The first-order chi connectivity index (χ1) is 11.2. The van der Waals surface area contributed by atoms with Gasteiger partial charge in [-0.1, -0.05) is 30.3 Å². The normalized spacial score (nSPS) is 19.0. The van der Waals surface area contributed by atoms with Crippen LogP contribution >= 0.6 is 0 Å². The van der Waals surface area contributed by atoms with E-state index in [2.05, 4.69) is 23.5 Å². The molecule has 0 aromatic heterocycles. The monoisotopic (exact) mass is 309 g/mol. The molecule has 0 bridgehead atoms. The van der Waals surface area contributed by atoms with Gasteiger partial charge in [0.25, 0.3) is 0 Å². The topological polar surface area (TPSA) is 58.6 Å². The van der Waals surface area contributed by atoms with E-state index < -0.39 is 12.1 Å². The van der Waals surface area contributed by atoms with E-state index in [-0.39, 0.29) is 0 Å². The predicted octanol–water partition coefficient (Wildman–Crippen LogP) is 3.49. The Morgan fingerprint density at radius 1 is 1.09 bits per heavy atom. The number of nitrogens with one attached hydrogen (secondary N) is 1. The molecule has 118 valence electrons. The number of carbonyl (C=O) groups is 1. The minimum Gasteiger partial charge on any atom is -0.478 e. The standard InChI is InChI=1S/C19H19NO3/c21-19(22)17-11-20-16-10-4-9-15(18(16)23-17)14-8-3-6-12-5-1-2-7-13(12)14/h3-4,6,8-10,17,20H,1-2,5,7,11H2,(H,21,22). The fourth-order valence-corrected chi connectivity index (χ4v) is 3.57. The highest BCUT2D eigenvalue weighted by molar-refractivity contribution is 5.83. The predicted molar refractivity (Wildman–Crippen MR) is 89.1 cm³/mol. The molecule has 2 aliphatic rings. The van der Waals surface area contributed by atoms with Gasteiger partial charge in [0.15, 0.2) is 5.75 Å². The zero-order chi connectivity index (χ0) is 15.8. The Morgan fingerprint density at radius 3 is 2.74 bits per heavy atom. The number of hydrogen-bond acceptors (Lipinski definition) is 3. The van der Waals surface area contributed by atoms with Gasteiger partial charge in [-0.15, -0.1) is 0 Å². The van der Waals surface area contributed by atoms with Gasteiger partial charge >= 0.3 is 5.97 Å². The van der Waals surface area contributed by atoms with Crippen LogP contribution in [0.15, 0.2) is 36.4 Å². The summed E-state index contributed by atoms with van der Waals surface area (Å²) in [4.78, 5) is 11.3. The quantitative estimate of drug-likeness (QED) is 0.891. The summed E-state index contributed by atoms with van der Waals surface area (Å²) < 4.78 is 5.81. The number of fused-ring (bicyclic) bond motifs is 2. The van der Waals surface area contributed by atoms with Crippen LogP contribution in [0.2, 0.25) is 0 Å². The lowest BCUT2D eigenvalue weighted by Crippen LogP contribution is -2.37. The fourth-order valence-electron chi connectivity index (χ4n) is 3.57. The van der Waals surface area contributed by atoms with Crippen molar-refractivity contribution in [2.24, 2.45) is 0 Å². The molecule has 1 unspecified atom stereocenters. The maximum atomic E-state index is 11.3. The molecule has 0 saturated heterocycles. The molecule has 1 atom stereocenters. The number of aryl methyl sites for hydroxylation is 1. The van der Waals surface area contributed by atoms with Crippen molar-refractivity contribution in [3.63, 3.8) is 0 Å². The lowest BCUT2D eigenvalue weighted by molar-refractivity contribution is -0.144. The van der Waals surface area contributed by atoms with Gasteiger partial charge in [0, 0.05) is 5.56 Å². The molecule has 0 fully saturated rings. The summed E-state index contributed by atoms with van der Waals surface area (Å²) in [5.41, 5.74) is 5.82. The molecule has 2 N–H and O–H groups in total. The molecule has 1 heterocycles. The van der Waals surface area contributed by atoms with Gasteiger partial charge in [-0.2, -0.15) is 0 Å². The molecular weight excluding hydrogens is 290 g/mol. The number of hydrogen-bond donors (Lipinski definition) is 2. The second-order valence-electron chi connectivity index (χ2n) is 6.16. The number of rotatable bonds is 2. The SMILES string of the molecule is O=C(O)C1CNc2cccc(-c3cccc4c3CCCC4)c2O1. The maximum absolute atomic E-state index is 11.3. The highest BCUT2D eigenvalue weighted by atomic mass is 16.5. The zero-order valence-electron chi connectivity index (χ0n) is 12.8. The molecule has 2 aromatic rings. The molecule has 0 spiro atoms. The fraction of sp³-hybridized carbons (Fsp3) is 0.316. The second kappa shape index (κ2) is 5.61. The van der Waals surface area contributed by atoms with Crippen molar-refractivity contribution in [1.82, 2.24) is 0 Å². The van der Waals surface area contributed by atoms with E-state index in [1.165, 1.54) is 29.5 Å². The van der Waals surface area contributed by atoms with Crippen LogP contribution in [0.4, 0.5) is 5.69 Å². The first-order valence-electron chi connectivity index (χ1n) is 8.11. The number of para-hydroxylation sites is 1. The van der Waals surface area contributed by atoms with E-state index in [1.54, 1.807) is 0 Å². The Labute approximate surface area is 135 Å². The summed E-state index contributed by atoms with van der Waals surface area (Å²) >= 11 is 0. The molecule has 23 heavy (non-hydrogen) atoms. The number of anilines is 1. The van der Waals surface area contributed by atoms with Crippen LogP contribution in [0.5, 0.6) is 5.75 Å². The van der Waals surface area contributed by atoms with Crippen LogP contribution < -0.4 is 10.1 Å². The minimum atomic E-state index is -0.937. The van der Waals surface area contributed by atoms with Crippen molar-refractivity contribution in [2.75, 3.05) is 11.9 Å². The Kier molecular flexibility index (Phi) is 3.45. The molecule has 4 nitrogen and oxygen atoms in total. The largest absolute Gasteiger partial charge is 0.478 e. The number of aliphatic carboxylic acids is 1. The van der Waals surface area contributed by atoms with Crippen LogP contribution in [0.1, 0.15) is 24.0 Å². The van der Waals surface area contributed by atoms with Crippen LogP contribution in [0.25, 0.3) is 11.1 Å². The van der Waals surface area contributed by atoms with E-state index in [0.717, 1.165) is 24.1 Å². The van der Waals surface area contributed by atoms with Gasteiger partial charge in [-0.25, -0.2) is 4.79 Å². The molecule has 1 aliphatic heterocycles. The molecule has 0 saturated carbocycles. The van der Waals surface area contributed by atoms with E-state index in [4.69, 9.17) is 4.74 Å². The summed E-state index contributed by atoms with van der Waals surface area (Å²) in [7, 11) is 0. The Balaban J connectivity index is 1.84. The van der Waals surface area contributed by atoms with Crippen molar-refractivity contribution >= 4 is 11.7 Å². The number of ether oxygens (including phenoxy) is 1. The number of carboxylic acids is 1. The zero-order valence-corrected chi connectivity index (χ0v) is 12.8. The summed E-state index contributed by atoms with van der Waals surface area (Å²) in [5, 5.41) is 12.4. The average molecular weight is 309 g/mol. The van der Waals surface area contributed by atoms with E-state index in [9.17, 15) is 9.90 Å². The van der Waals surface area contributed by atoms with Gasteiger partial charge in [0.05, 0.1) is 12.2 Å². The van der Waals surface area contributed by atoms with Crippen LogP contribution in [-0.2, 0) is 17.6 Å². The lowest BCUT2D eigenvalue weighted by atomic mass is 9.85. The number of carboxylic acid groups (broad SMARTS) is 1. The lowest BCUT2D eigenvalue weighted by Gasteiger charge is -2.28. The third-order valence-corrected chi connectivity index (χ3v) is 4.71. The van der Waals surface area contributed by atoms with Crippen molar-refractivity contribution in [2.45, 2.75) is 31.8 Å². The van der Waals surface area contributed by atoms with Gasteiger partial charge in [0.2, 0.25) is 6.10 Å². The Bertz CT molecular complexity index is 769. The molecule has 0 radical (unpaired) electrons. The third-order valence-electron chi connectivity index (χ3n) is 4.71. The molecule has 4 rings (SSSR count). The van der Waals surface area contributed by atoms with Crippen molar-refractivity contribution in [1.29, 1.82) is 0 Å². The van der Waals surface area contributed by atoms with Crippen molar-refractivity contribution in [3.05, 3.63) is 47.5 Å². The first-order valence-corrected chi connectivity index (χ1v) is 8.11. The first kappa shape index (κ1) is 14.1. The van der Waals surface area contributed by atoms with Crippen molar-refractivity contribution < 1.29 is 14.6 Å². The van der Waals surface area contributed by atoms with Gasteiger partial charge < -0.3 is 15.2 Å². The molecule has 0 amide bonds. The molecule has 4 heteroatoms. The average Bonchev–Trinajstić information content (AvgIpc) is 2.60. The summed E-state index contributed by atoms with van der Waals surface area (Å²) in [6.45, 7) is 0.290. The second-order valence-corrected chi connectivity index (χ2v) is 6.16.